The highest BCUT2D eigenvalue weighted by atomic mass is 35.5. The third-order valence-corrected chi connectivity index (χ3v) is 6.06. The lowest BCUT2D eigenvalue weighted by atomic mass is 9.54. The molecule has 0 unspecified atom stereocenters. The first kappa shape index (κ1) is 14.4. The van der Waals surface area contributed by atoms with Crippen LogP contribution in [0.4, 0.5) is 0 Å². The van der Waals surface area contributed by atoms with Gasteiger partial charge in [0.2, 0.25) is 0 Å². The summed E-state index contributed by atoms with van der Waals surface area (Å²) in [7, 11) is 0. The predicted octanol–water partition coefficient (Wildman–Crippen LogP) is 3.66. The molecule has 0 aliphatic heterocycles. The van der Waals surface area contributed by atoms with E-state index in [9.17, 15) is 4.79 Å². The number of nitrogens with one attached hydrogen (secondary N) is 1. The topological polar surface area (TPSA) is 38.3 Å². The molecule has 4 aliphatic carbocycles. The van der Waals surface area contributed by atoms with E-state index in [1.165, 1.54) is 32.1 Å². The fourth-order valence-electron chi connectivity index (χ4n) is 5.09. The minimum Gasteiger partial charge on any atom is -0.482 e. The van der Waals surface area contributed by atoms with E-state index in [0.717, 1.165) is 11.8 Å². The van der Waals surface area contributed by atoms with E-state index in [1.54, 1.807) is 12.1 Å². The molecule has 4 saturated carbocycles. The van der Waals surface area contributed by atoms with Gasteiger partial charge in [0.25, 0.3) is 5.91 Å². The van der Waals surface area contributed by atoms with E-state index in [4.69, 9.17) is 16.3 Å². The second kappa shape index (κ2) is 5.77. The van der Waals surface area contributed by atoms with E-state index in [-0.39, 0.29) is 12.5 Å². The highest BCUT2D eigenvalue weighted by Gasteiger charge is 2.48. The molecule has 3 nitrogen and oxygen atoms in total. The molecule has 0 saturated heterocycles. The van der Waals surface area contributed by atoms with Crippen molar-refractivity contribution < 1.29 is 9.53 Å². The molecule has 5 rings (SSSR count). The Labute approximate surface area is 136 Å². The van der Waals surface area contributed by atoms with Gasteiger partial charge in [-0.15, -0.1) is 0 Å². The summed E-state index contributed by atoms with van der Waals surface area (Å²) in [6.07, 6.45) is 6.67. The zero-order valence-electron chi connectivity index (χ0n) is 12.6. The van der Waals surface area contributed by atoms with Crippen molar-refractivity contribution in [1.29, 1.82) is 0 Å². The van der Waals surface area contributed by atoms with Gasteiger partial charge in [-0.2, -0.15) is 0 Å². The molecule has 4 fully saturated rings. The van der Waals surface area contributed by atoms with Crippen LogP contribution in [0.1, 0.15) is 32.1 Å². The first-order chi connectivity index (χ1) is 10.7. The van der Waals surface area contributed by atoms with Gasteiger partial charge < -0.3 is 10.1 Å². The average molecular weight is 320 g/mol. The van der Waals surface area contributed by atoms with Gasteiger partial charge in [0, 0.05) is 6.04 Å². The number of hydrogen-bond acceptors (Lipinski definition) is 2. The number of para-hydroxylation sites is 1. The number of hydrogen-bond donors (Lipinski definition) is 1. The molecule has 0 heterocycles. The maximum absolute atomic E-state index is 12.2. The van der Waals surface area contributed by atoms with Crippen molar-refractivity contribution in [2.24, 2.45) is 23.7 Å². The fraction of sp³-hybridized carbons (Fsp3) is 0.611. The lowest BCUT2D eigenvalue weighted by Crippen LogP contribution is -2.56. The molecule has 1 amide bonds. The van der Waals surface area contributed by atoms with Crippen LogP contribution >= 0.6 is 11.6 Å². The van der Waals surface area contributed by atoms with Gasteiger partial charge in [-0.3, -0.25) is 4.79 Å². The summed E-state index contributed by atoms with van der Waals surface area (Å²) in [6, 6.07) is 7.64. The number of rotatable bonds is 4. The van der Waals surface area contributed by atoms with Crippen LogP contribution in [0.5, 0.6) is 5.75 Å². The lowest BCUT2D eigenvalue weighted by molar-refractivity contribution is -0.127. The Morgan fingerprint density at radius 3 is 2.36 bits per heavy atom. The highest BCUT2D eigenvalue weighted by Crippen LogP contribution is 2.53. The number of carbonyl (C=O) groups is 1. The summed E-state index contributed by atoms with van der Waals surface area (Å²) < 4.78 is 5.55. The maximum Gasteiger partial charge on any atom is 0.258 e. The Morgan fingerprint density at radius 2 is 1.73 bits per heavy atom. The van der Waals surface area contributed by atoms with Crippen LogP contribution < -0.4 is 10.1 Å². The monoisotopic (exact) mass is 319 g/mol. The summed E-state index contributed by atoms with van der Waals surface area (Å²) in [4.78, 5) is 12.2. The summed E-state index contributed by atoms with van der Waals surface area (Å²) in [5, 5.41) is 3.79. The van der Waals surface area contributed by atoms with E-state index >= 15 is 0 Å². The Kier molecular flexibility index (Phi) is 3.77. The summed E-state index contributed by atoms with van der Waals surface area (Å²) in [5.74, 6) is 3.80. The molecule has 0 radical (unpaired) electrons. The number of ether oxygens (including phenoxy) is 1. The van der Waals surface area contributed by atoms with Crippen LogP contribution in [0.15, 0.2) is 24.3 Å². The van der Waals surface area contributed by atoms with Gasteiger partial charge in [0.05, 0.1) is 5.02 Å². The zero-order chi connectivity index (χ0) is 15.1. The smallest absolute Gasteiger partial charge is 0.258 e. The van der Waals surface area contributed by atoms with E-state index < -0.39 is 0 Å². The predicted molar refractivity (Wildman–Crippen MR) is 85.9 cm³/mol. The molecule has 1 aromatic carbocycles. The summed E-state index contributed by atoms with van der Waals surface area (Å²) in [5.41, 5.74) is 0. The van der Waals surface area contributed by atoms with Gasteiger partial charge in [-0.05, 0) is 67.9 Å². The van der Waals surface area contributed by atoms with Crippen molar-refractivity contribution in [1.82, 2.24) is 5.32 Å². The first-order valence-corrected chi connectivity index (χ1v) is 8.73. The second-order valence-corrected chi connectivity index (χ2v) is 7.65. The van der Waals surface area contributed by atoms with Gasteiger partial charge in [0.15, 0.2) is 6.61 Å². The Hall–Kier alpha value is -1.22. The Morgan fingerprint density at radius 1 is 1.09 bits per heavy atom. The molecule has 0 atom stereocenters. The molecule has 118 valence electrons. The van der Waals surface area contributed by atoms with Crippen molar-refractivity contribution in [2.75, 3.05) is 6.61 Å². The Bertz CT molecular complexity index is 546. The van der Waals surface area contributed by atoms with Gasteiger partial charge >= 0.3 is 0 Å². The normalized spacial score (nSPS) is 35.4. The van der Waals surface area contributed by atoms with Crippen molar-refractivity contribution in [3.63, 3.8) is 0 Å². The number of benzene rings is 1. The zero-order valence-corrected chi connectivity index (χ0v) is 13.4. The van der Waals surface area contributed by atoms with Gasteiger partial charge in [-0.1, -0.05) is 23.7 Å². The average Bonchev–Trinajstić information content (AvgIpc) is 2.49. The minimum absolute atomic E-state index is 0.0163. The van der Waals surface area contributed by atoms with E-state index in [2.05, 4.69) is 5.32 Å². The summed E-state index contributed by atoms with van der Waals surface area (Å²) in [6.45, 7) is 0.0481. The molecular weight excluding hydrogens is 298 g/mol. The van der Waals surface area contributed by atoms with Crippen molar-refractivity contribution in [3.05, 3.63) is 29.3 Å². The first-order valence-electron chi connectivity index (χ1n) is 8.35. The van der Waals surface area contributed by atoms with Crippen LogP contribution in [-0.2, 0) is 4.79 Å². The largest absolute Gasteiger partial charge is 0.482 e. The number of halogens is 1. The Balaban J connectivity index is 1.34. The molecular formula is C18H22ClNO2. The summed E-state index contributed by atoms with van der Waals surface area (Å²) >= 11 is 6.04. The highest BCUT2D eigenvalue weighted by molar-refractivity contribution is 6.32. The van der Waals surface area contributed by atoms with Crippen LogP contribution in [0.25, 0.3) is 0 Å². The van der Waals surface area contributed by atoms with Crippen LogP contribution in [0.3, 0.4) is 0 Å². The van der Waals surface area contributed by atoms with E-state index in [0.29, 0.717) is 28.6 Å². The van der Waals surface area contributed by atoms with Crippen molar-refractivity contribution in [3.8, 4) is 5.75 Å². The fourth-order valence-corrected chi connectivity index (χ4v) is 5.28. The third kappa shape index (κ3) is 2.71. The minimum atomic E-state index is -0.0163. The van der Waals surface area contributed by atoms with Crippen molar-refractivity contribution in [2.45, 2.75) is 38.1 Å². The van der Waals surface area contributed by atoms with E-state index in [1.807, 2.05) is 12.1 Å². The van der Waals surface area contributed by atoms with Crippen LogP contribution in [0.2, 0.25) is 5.02 Å². The SMILES string of the molecule is O=C(COc1ccccc1Cl)NC1C2CC3CC(C2)CC1C3. The quantitative estimate of drug-likeness (QED) is 0.919. The van der Waals surface area contributed by atoms with Crippen molar-refractivity contribution >= 4 is 17.5 Å². The van der Waals surface area contributed by atoms with Crippen LogP contribution in [0, 0.1) is 23.7 Å². The van der Waals surface area contributed by atoms with Gasteiger partial charge in [0.1, 0.15) is 5.75 Å². The molecule has 1 aromatic rings. The number of carbonyl (C=O) groups excluding carboxylic acids is 1. The second-order valence-electron chi connectivity index (χ2n) is 7.24. The standard InChI is InChI=1S/C18H22ClNO2/c19-15-3-1-2-4-16(15)22-10-17(21)20-18-13-6-11-5-12(8-13)9-14(18)7-11/h1-4,11-14,18H,5-10H2,(H,20,21). The third-order valence-electron chi connectivity index (χ3n) is 5.75. The molecule has 4 heteroatoms. The molecule has 1 N–H and O–H groups in total. The molecule has 0 spiro atoms. The molecule has 4 bridgehead atoms. The lowest BCUT2D eigenvalue weighted by Gasteiger charge is -2.54. The van der Waals surface area contributed by atoms with Crippen LogP contribution in [-0.4, -0.2) is 18.6 Å². The van der Waals surface area contributed by atoms with Gasteiger partial charge in [-0.25, -0.2) is 0 Å². The molecule has 0 aromatic heterocycles. The maximum atomic E-state index is 12.2. The molecule has 4 aliphatic rings. The molecule has 22 heavy (non-hydrogen) atoms. The number of amides is 1.